The van der Waals surface area contributed by atoms with Crippen LogP contribution in [-0.2, 0) is 36.1 Å². The smallest absolute Gasteiger partial charge is 0.478 e. The maximum Gasteiger partial charge on any atom is 0.478 e. The van der Waals surface area contributed by atoms with Crippen molar-refractivity contribution in [2.45, 2.75) is 24.3 Å². The minimum Gasteiger partial charge on any atom is -0.756 e. The molecule has 17 heteroatoms. The molecule has 0 spiro atoms. The van der Waals surface area contributed by atoms with Gasteiger partial charge in [-0.1, -0.05) is 0 Å². The number of aliphatic hydroxyl groups excluding tert-OH is 2. The summed E-state index contributed by atoms with van der Waals surface area (Å²) in [6.07, 6.45) is -4.43. The minimum atomic E-state index is -5.82. The standard InChI is InChI=1S/C6H14BO13P3/c1-16-21(10,11)19-23(14,15)20-22(12,13)17-2-3-4(8)5(9)6(7)18-3/h3-6,8-9H,2H2,1H3,(H,10,11)(H,12,13)(H,14,15)/p-2. The van der Waals surface area contributed by atoms with E-state index in [4.69, 9.17) is 12.6 Å². The van der Waals surface area contributed by atoms with Crippen molar-refractivity contribution in [3.8, 4) is 0 Å². The van der Waals surface area contributed by atoms with Gasteiger partial charge in [0, 0.05) is 13.1 Å². The van der Waals surface area contributed by atoms with E-state index in [0.717, 1.165) is 0 Å². The van der Waals surface area contributed by atoms with Crippen molar-refractivity contribution < 1.29 is 61.0 Å². The normalized spacial score (nSPS) is 36.1. The molecule has 1 rings (SSSR count). The Morgan fingerprint density at radius 2 is 1.70 bits per heavy atom. The molecule has 1 aliphatic heterocycles. The predicted octanol–water partition coefficient (Wildman–Crippen LogP) is -2.66. The van der Waals surface area contributed by atoms with Crippen LogP contribution in [0, 0.1) is 0 Å². The number of rotatable bonds is 8. The molecule has 1 aliphatic rings. The maximum absolute atomic E-state index is 11.4. The molecule has 0 bridgehead atoms. The summed E-state index contributed by atoms with van der Waals surface area (Å²) in [4.78, 5) is 31.2. The maximum atomic E-state index is 11.4. The summed E-state index contributed by atoms with van der Waals surface area (Å²) in [7, 11) is -10.7. The molecular formula is C6H12BO13P3-2. The van der Waals surface area contributed by atoms with Crippen molar-refractivity contribution in [2.24, 2.45) is 0 Å². The number of aliphatic hydroxyl groups is 2. The van der Waals surface area contributed by atoms with Gasteiger partial charge in [0.1, 0.15) is 20.1 Å². The molecule has 1 fully saturated rings. The van der Waals surface area contributed by atoms with Crippen molar-refractivity contribution in [1.82, 2.24) is 0 Å². The molecular weight excluding hydrogens is 384 g/mol. The molecule has 0 aromatic heterocycles. The highest BCUT2D eigenvalue weighted by atomic mass is 31.3. The van der Waals surface area contributed by atoms with Crippen LogP contribution in [-0.4, -0.2) is 61.0 Å². The molecule has 0 amide bonds. The van der Waals surface area contributed by atoms with E-state index in [1.54, 1.807) is 0 Å². The molecule has 0 aliphatic carbocycles. The lowest BCUT2D eigenvalue weighted by molar-refractivity contribution is -0.238. The Hall–Kier alpha value is 0.355. The second-order valence-corrected chi connectivity index (χ2v) is 8.78. The van der Waals surface area contributed by atoms with E-state index in [0.29, 0.717) is 7.11 Å². The number of phosphoric acid groups is 3. The summed E-state index contributed by atoms with van der Waals surface area (Å²) >= 11 is 0. The Morgan fingerprint density at radius 3 is 2.13 bits per heavy atom. The van der Waals surface area contributed by atoms with E-state index in [9.17, 15) is 38.6 Å². The lowest BCUT2D eigenvalue weighted by Crippen LogP contribution is -2.34. The van der Waals surface area contributed by atoms with Crippen LogP contribution in [0.1, 0.15) is 0 Å². The van der Waals surface area contributed by atoms with E-state index in [2.05, 4.69) is 17.7 Å². The van der Waals surface area contributed by atoms with Gasteiger partial charge in [0.15, 0.2) is 0 Å². The van der Waals surface area contributed by atoms with Crippen LogP contribution < -0.4 is 9.79 Å². The average Bonchev–Trinajstić information content (AvgIpc) is 2.61. The van der Waals surface area contributed by atoms with Crippen LogP contribution in [0.2, 0.25) is 0 Å². The van der Waals surface area contributed by atoms with Crippen molar-refractivity contribution in [3.05, 3.63) is 0 Å². The molecule has 13 nitrogen and oxygen atoms in total. The Balaban J connectivity index is 2.61. The van der Waals surface area contributed by atoms with E-state index in [1.807, 2.05) is 0 Å². The Morgan fingerprint density at radius 1 is 1.13 bits per heavy atom. The van der Waals surface area contributed by atoms with Crippen molar-refractivity contribution >= 4 is 31.3 Å². The van der Waals surface area contributed by atoms with Crippen molar-refractivity contribution in [2.75, 3.05) is 13.7 Å². The Labute approximate surface area is 131 Å². The molecule has 7 atom stereocenters. The second-order valence-electron chi connectivity index (χ2n) is 4.12. The fraction of sp³-hybridized carbons (Fsp3) is 1.00. The summed E-state index contributed by atoms with van der Waals surface area (Å²) in [5.41, 5.74) is 0. The molecule has 3 N–H and O–H groups in total. The molecule has 23 heavy (non-hydrogen) atoms. The van der Waals surface area contributed by atoms with Gasteiger partial charge in [-0.2, -0.15) is 0 Å². The van der Waals surface area contributed by atoms with Crippen LogP contribution in [0.3, 0.4) is 0 Å². The third-order valence-corrected chi connectivity index (χ3v) is 6.58. The van der Waals surface area contributed by atoms with Crippen LogP contribution in [0.5, 0.6) is 0 Å². The SMILES string of the molecule is [B]C1OC(COP(=O)(O)OP(=O)([O-])OP(=O)([O-])OC)C(O)C1O. The molecule has 1 saturated heterocycles. The zero-order chi connectivity index (χ0) is 18.1. The van der Waals surface area contributed by atoms with Gasteiger partial charge in [0.25, 0.3) is 15.6 Å². The third kappa shape index (κ3) is 6.64. The van der Waals surface area contributed by atoms with Crippen LogP contribution in [0.25, 0.3) is 0 Å². The first-order valence-electron chi connectivity index (χ1n) is 5.63. The largest absolute Gasteiger partial charge is 0.756 e. The number of hydrogen-bond acceptors (Lipinski definition) is 12. The zero-order valence-corrected chi connectivity index (χ0v) is 14.0. The third-order valence-electron chi connectivity index (χ3n) is 2.43. The second kappa shape index (κ2) is 7.71. The lowest BCUT2D eigenvalue weighted by atomic mass is 9.93. The van der Waals surface area contributed by atoms with E-state index in [-0.39, 0.29) is 0 Å². The number of hydrogen-bond donors (Lipinski definition) is 3. The highest BCUT2D eigenvalue weighted by Crippen LogP contribution is 2.64. The van der Waals surface area contributed by atoms with Gasteiger partial charge in [-0.25, -0.2) is 13.2 Å². The summed E-state index contributed by atoms with van der Waals surface area (Å²) in [5, 5.41) is 18.8. The highest BCUT2D eigenvalue weighted by molar-refractivity contribution is 7.65. The number of phosphoric ester groups is 2. The fourth-order valence-corrected chi connectivity index (χ4v) is 4.57. The highest BCUT2D eigenvalue weighted by Gasteiger charge is 2.41. The summed E-state index contributed by atoms with van der Waals surface area (Å²) in [6.45, 7) is -0.904. The van der Waals surface area contributed by atoms with Crippen LogP contribution in [0.15, 0.2) is 0 Å². The summed E-state index contributed by atoms with van der Waals surface area (Å²) in [5.74, 6) is 0. The fourth-order valence-electron chi connectivity index (χ4n) is 1.40. The average molecular weight is 396 g/mol. The number of ether oxygens (including phenoxy) is 1. The lowest BCUT2D eigenvalue weighted by Gasteiger charge is -2.30. The first kappa shape index (κ1) is 21.4. The molecule has 0 aromatic carbocycles. The van der Waals surface area contributed by atoms with Gasteiger partial charge in [-0.15, -0.1) is 0 Å². The molecule has 1 heterocycles. The van der Waals surface area contributed by atoms with Gasteiger partial charge in [-0.05, 0) is 0 Å². The Kier molecular flexibility index (Phi) is 7.18. The minimum absolute atomic E-state index is 0.580. The van der Waals surface area contributed by atoms with E-state index < -0.39 is 54.4 Å². The molecule has 0 saturated carbocycles. The topological polar surface area (TPSA) is 204 Å². The quantitative estimate of drug-likeness (QED) is 0.283. The van der Waals surface area contributed by atoms with Gasteiger partial charge in [0.2, 0.25) is 0 Å². The first-order valence-corrected chi connectivity index (χ1v) is 10.1. The molecule has 134 valence electrons. The summed E-state index contributed by atoms with van der Waals surface area (Å²) < 4.78 is 53.1. The monoisotopic (exact) mass is 396 g/mol. The van der Waals surface area contributed by atoms with Gasteiger partial charge < -0.3 is 34.2 Å². The van der Waals surface area contributed by atoms with Crippen LogP contribution in [0.4, 0.5) is 0 Å². The van der Waals surface area contributed by atoms with Gasteiger partial charge in [-0.3, -0.25) is 13.7 Å². The zero-order valence-electron chi connectivity index (χ0n) is 11.4. The molecule has 0 aromatic rings. The van der Waals surface area contributed by atoms with Crippen molar-refractivity contribution in [3.63, 3.8) is 0 Å². The predicted molar refractivity (Wildman–Crippen MR) is 66.6 cm³/mol. The van der Waals surface area contributed by atoms with Crippen LogP contribution >= 0.6 is 23.5 Å². The van der Waals surface area contributed by atoms with Crippen molar-refractivity contribution in [1.29, 1.82) is 0 Å². The molecule has 7 unspecified atom stereocenters. The summed E-state index contributed by atoms with van der Waals surface area (Å²) in [6, 6.07) is -1.29. The first-order chi connectivity index (χ1) is 10.3. The Bertz CT molecular complexity index is 554. The van der Waals surface area contributed by atoms with Gasteiger partial charge in [0.05, 0.1) is 12.7 Å². The van der Waals surface area contributed by atoms with E-state index >= 15 is 0 Å². The molecule has 2 radical (unpaired) electrons. The van der Waals surface area contributed by atoms with E-state index in [1.165, 1.54) is 0 Å². The van der Waals surface area contributed by atoms with Gasteiger partial charge >= 0.3 is 7.82 Å².